The van der Waals surface area contributed by atoms with Gasteiger partial charge in [0.25, 0.3) is 0 Å². The molecule has 14 nitrogen and oxygen atoms in total. The maximum atomic E-state index is 11.2. The first-order chi connectivity index (χ1) is 25.1. The van der Waals surface area contributed by atoms with Gasteiger partial charge in [-0.25, -0.2) is 9.59 Å². The molecule has 4 aromatic carbocycles. The molecule has 0 spiro atoms. The first-order valence-corrected chi connectivity index (χ1v) is 15.5. The molecule has 4 aromatic heterocycles. The molecule has 55 heavy (non-hydrogen) atoms. The molecule has 1 radical (unpaired) electrons. The van der Waals surface area contributed by atoms with Gasteiger partial charge in [0.2, 0.25) is 0 Å². The van der Waals surface area contributed by atoms with E-state index in [9.17, 15) is 29.4 Å². The second-order valence-corrected chi connectivity index (χ2v) is 11.1. The van der Waals surface area contributed by atoms with E-state index in [0.717, 1.165) is 80.0 Å². The molecule has 0 unspecified atom stereocenters. The summed E-state index contributed by atoms with van der Waals surface area (Å²) >= 11 is 0. The summed E-state index contributed by atoms with van der Waals surface area (Å²) in [5.74, 6) is -6.09. The van der Waals surface area contributed by atoms with Crippen molar-refractivity contribution in [2.45, 2.75) is 0 Å². The summed E-state index contributed by atoms with van der Waals surface area (Å²) in [5.41, 5.74) is 1.75. The Morgan fingerprint density at radius 2 is 0.709 bits per heavy atom. The molecule has 0 saturated heterocycles. The number of aromatic carboxylic acids is 4. The van der Waals surface area contributed by atoms with Crippen molar-refractivity contribution in [1.82, 2.24) is 19.9 Å². The molecular formula is C40H28CoN4O10. The van der Waals surface area contributed by atoms with E-state index in [1.807, 2.05) is 24.3 Å². The largest absolute Gasteiger partial charge is 2.00 e. The Balaban J connectivity index is 0.000000226. The van der Waals surface area contributed by atoms with Gasteiger partial charge in [-0.15, -0.1) is 0 Å². The van der Waals surface area contributed by atoms with Crippen LogP contribution in [0.5, 0.6) is 0 Å². The smallest absolute Gasteiger partial charge is 0.545 e. The number of pyridine rings is 4. The topological polar surface area (TPSA) is 269 Å². The van der Waals surface area contributed by atoms with E-state index in [4.69, 9.17) is 10.2 Å². The summed E-state index contributed by atoms with van der Waals surface area (Å²) in [4.78, 5) is 62.0. The molecule has 0 aliphatic heterocycles. The van der Waals surface area contributed by atoms with Crippen molar-refractivity contribution >= 4 is 67.5 Å². The molecule has 0 atom stereocenters. The third-order valence-electron chi connectivity index (χ3n) is 7.95. The monoisotopic (exact) mass is 783 g/mol. The summed E-state index contributed by atoms with van der Waals surface area (Å²) in [6.45, 7) is 0. The summed E-state index contributed by atoms with van der Waals surface area (Å²) in [6, 6.07) is 30.1. The number of hydrogen-bond donors (Lipinski definition) is 2. The van der Waals surface area contributed by atoms with Gasteiger partial charge < -0.3 is 41.0 Å². The van der Waals surface area contributed by atoms with Crippen molar-refractivity contribution < 1.29 is 67.3 Å². The minimum Gasteiger partial charge on any atom is -0.545 e. The van der Waals surface area contributed by atoms with Crippen molar-refractivity contribution in [2.24, 2.45) is 0 Å². The fraction of sp³-hybridized carbons (Fsp3) is 0. The van der Waals surface area contributed by atoms with Crippen molar-refractivity contribution in [3.8, 4) is 11.1 Å². The second kappa shape index (κ2) is 18.5. The third kappa shape index (κ3) is 9.26. The SMILES string of the molecule is O.O.O=C(O)c1ccc(C(=O)[O-])c(-c2cc(C(=O)O)ccc2C(=O)[O-])c1.[Co+2].c1cnc2c(c1)ccc1cccnc12.c1cnc2c(c1)ccc1cccnc12. The fourth-order valence-electron chi connectivity index (χ4n) is 5.52. The number of carboxylic acid groups (broad SMARTS) is 4. The summed E-state index contributed by atoms with van der Waals surface area (Å²) in [7, 11) is 0. The van der Waals surface area contributed by atoms with E-state index in [2.05, 4.69) is 68.5 Å². The Kier molecular flexibility index (Phi) is 14.2. The van der Waals surface area contributed by atoms with Gasteiger partial charge in [0.05, 0.1) is 45.1 Å². The maximum Gasteiger partial charge on any atom is 2.00 e. The molecule has 6 N–H and O–H groups in total. The van der Waals surface area contributed by atoms with Gasteiger partial charge in [-0.05, 0) is 59.7 Å². The molecule has 0 bridgehead atoms. The van der Waals surface area contributed by atoms with E-state index in [-0.39, 0.29) is 50.0 Å². The number of fused-ring (bicyclic) bond motifs is 6. The van der Waals surface area contributed by atoms with Crippen molar-refractivity contribution in [3.05, 3.63) is 156 Å². The first-order valence-electron chi connectivity index (χ1n) is 15.5. The Hall–Kier alpha value is -7.17. The van der Waals surface area contributed by atoms with E-state index in [1.54, 1.807) is 24.8 Å². The molecule has 277 valence electrons. The Bertz CT molecular complexity index is 2400. The summed E-state index contributed by atoms with van der Waals surface area (Å²) < 4.78 is 0. The second-order valence-electron chi connectivity index (χ2n) is 11.1. The van der Waals surface area contributed by atoms with E-state index in [0.29, 0.717) is 0 Å². The zero-order valence-corrected chi connectivity index (χ0v) is 29.2. The van der Waals surface area contributed by atoms with Gasteiger partial charge in [-0.1, -0.05) is 60.7 Å². The number of hydrogen-bond acceptors (Lipinski definition) is 10. The van der Waals surface area contributed by atoms with Crippen molar-refractivity contribution in [2.75, 3.05) is 0 Å². The van der Waals surface area contributed by atoms with Crippen LogP contribution in [0.2, 0.25) is 0 Å². The van der Waals surface area contributed by atoms with Crippen LogP contribution in [-0.4, -0.2) is 65.0 Å². The third-order valence-corrected chi connectivity index (χ3v) is 7.95. The fourth-order valence-corrected chi connectivity index (χ4v) is 5.52. The summed E-state index contributed by atoms with van der Waals surface area (Å²) in [5, 5.41) is 45.1. The van der Waals surface area contributed by atoms with Crippen LogP contribution in [-0.2, 0) is 16.8 Å². The zero-order valence-electron chi connectivity index (χ0n) is 28.2. The quantitative estimate of drug-likeness (QED) is 0.238. The van der Waals surface area contributed by atoms with E-state index < -0.39 is 35.0 Å². The van der Waals surface area contributed by atoms with Gasteiger partial charge in [0.15, 0.2) is 0 Å². The molecule has 0 saturated carbocycles. The minimum absolute atomic E-state index is 0. The maximum absolute atomic E-state index is 11.2. The number of rotatable bonds is 5. The Morgan fingerprint density at radius 1 is 0.436 bits per heavy atom. The normalized spacial score (nSPS) is 9.96. The predicted octanol–water partition coefficient (Wildman–Crippen LogP) is 3.39. The Morgan fingerprint density at radius 3 is 0.945 bits per heavy atom. The molecule has 4 heterocycles. The summed E-state index contributed by atoms with van der Waals surface area (Å²) in [6.07, 6.45) is 7.21. The molecule has 0 aliphatic rings. The van der Waals surface area contributed by atoms with E-state index in [1.165, 1.54) is 0 Å². The molecule has 8 rings (SSSR count). The average molecular weight is 784 g/mol. The molecule has 0 fully saturated rings. The van der Waals surface area contributed by atoms with Gasteiger partial charge in [-0.2, -0.15) is 0 Å². The number of benzene rings is 4. The number of aromatic nitrogens is 4. The van der Waals surface area contributed by atoms with Crippen LogP contribution in [0.4, 0.5) is 0 Å². The van der Waals surface area contributed by atoms with Gasteiger partial charge >= 0.3 is 28.7 Å². The first kappa shape index (κ1) is 42.2. The molecule has 0 amide bonds. The standard InChI is InChI=1S/C16H10O8.2C12H8N2.Co.2H2O/c17-13(18)7-1-3-9(15(21)22)11(5-7)12-6-8(14(19)20)2-4-10(12)16(23)24;2*1-3-9-5-6-10-4-2-8-14-12(10)11(9)13-7-1;;;/h1-6H,(H,17,18)(H,19,20)(H,21,22)(H,23,24);2*1-8H;;2*1H2/q;;;+2;;/p-2. The van der Waals surface area contributed by atoms with Crippen LogP contribution in [0.25, 0.3) is 54.7 Å². The van der Waals surface area contributed by atoms with Crippen LogP contribution in [0.3, 0.4) is 0 Å². The van der Waals surface area contributed by atoms with Crippen LogP contribution >= 0.6 is 0 Å². The van der Waals surface area contributed by atoms with Gasteiger partial charge in [-0.3, -0.25) is 19.9 Å². The van der Waals surface area contributed by atoms with Crippen LogP contribution in [0.15, 0.2) is 134 Å². The van der Waals surface area contributed by atoms with Gasteiger partial charge in [0.1, 0.15) is 0 Å². The molecule has 8 aromatic rings. The van der Waals surface area contributed by atoms with Crippen molar-refractivity contribution in [3.63, 3.8) is 0 Å². The molecular weight excluding hydrogens is 755 g/mol. The minimum atomic E-state index is -1.67. The van der Waals surface area contributed by atoms with Crippen LogP contribution in [0.1, 0.15) is 41.4 Å². The molecule has 0 aliphatic carbocycles. The predicted molar refractivity (Wildman–Crippen MR) is 196 cm³/mol. The van der Waals surface area contributed by atoms with E-state index >= 15 is 0 Å². The molecule has 15 heteroatoms. The van der Waals surface area contributed by atoms with Gasteiger partial charge in [0, 0.05) is 57.5 Å². The number of nitrogens with zero attached hydrogens (tertiary/aromatic N) is 4. The number of carbonyl (C=O) groups excluding carboxylic acids is 2. The van der Waals surface area contributed by atoms with Crippen LogP contribution < -0.4 is 10.2 Å². The Labute approximate surface area is 321 Å². The number of carbonyl (C=O) groups is 4. The van der Waals surface area contributed by atoms with Crippen LogP contribution in [0, 0.1) is 0 Å². The van der Waals surface area contributed by atoms with Crippen molar-refractivity contribution in [1.29, 1.82) is 0 Å². The zero-order chi connectivity index (χ0) is 36.8. The number of carboxylic acids is 4. The average Bonchev–Trinajstić information content (AvgIpc) is 3.17.